The highest BCUT2D eigenvalue weighted by Crippen LogP contribution is 2.21. The zero-order chi connectivity index (χ0) is 11.0. The number of hydrogen-bond donors (Lipinski definition) is 0. The summed E-state index contributed by atoms with van der Waals surface area (Å²) in [5.41, 5.74) is 1.21. The van der Waals surface area contributed by atoms with Gasteiger partial charge in [0.25, 0.3) is 0 Å². The molecule has 0 spiro atoms. The van der Waals surface area contributed by atoms with Gasteiger partial charge in [0.2, 0.25) is 5.43 Å². The van der Waals surface area contributed by atoms with E-state index in [0.717, 1.165) is 10.0 Å². The first-order chi connectivity index (χ1) is 7.13. The Kier molecular flexibility index (Phi) is 2.44. The number of aryl methyl sites for hydroxylation is 1. The molecule has 0 saturated carbocycles. The van der Waals surface area contributed by atoms with Crippen LogP contribution in [0.2, 0.25) is 0 Å². The van der Waals surface area contributed by atoms with Gasteiger partial charge in [-0.1, -0.05) is 15.9 Å². The van der Waals surface area contributed by atoms with Crippen LogP contribution in [0.3, 0.4) is 0 Å². The van der Waals surface area contributed by atoms with Crippen LogP contribution in [0.1, 0.15) is 15.9 Å². The second-order valence-corrected chi connectivity index (χ2v) is 4.09. The van der Waals surface area contributed by atoms with Gasteiger partial charge in [0.05, 0.1) is 10.9 Å². The molecule has 0 unspecified atom stereocenters. The molecule has 0 aliphatic rings. The molecule has 0 bridgehead atoms. The van der Waals surface area contributed by atoms with Gasteiger partial charge in [0, 0.05) is 4.47 Å². The average molecular weight is 267 g/mol. The lowest BCUT2D eigenvalue weighted by Gasteiger charge is -2.01. The third-order valence-electron chi connectivity index (χ3n) is 2.21. The molecule has 1 aromatic carbocycles. The van der Waals surface area contributed by atoms with Gasteiger partial charge >= 0.3 is 0 Å². The van der Waals surface area contributed by atoms with E-state index in [1.807, 2.05) is 6.92 Å². The highest BCUT2D eigenvalue weighted by molar-refractivity contribution is 9.10. The maximum atomic E-state index is 11.7. The third-order valence-corrected chi connectivity index (χ3v) is 3.06. The number of halogens is 1. The van der Waals surface area contributed by atoms with E-state index in [1.54, 1.807) is 12.1 Å². The molecule has 3 nitrogen and oxygen atoms in total. The Bertz CT molecular complexity index is 599. The number of carbonyl (C=O) groups excluding carboxylic acids is 1. The Morgan fingerprint density at radius 3 is 2.80 bits per heavy atom. The third kappa shape index (κ3) is 1.61. The molecule has 1 heterocycles. The molecule has 1 aromatic heterocycles. The van der Waals surface area contributed by atoms with Crippen molar-refractivity contribution in [3.8, 4) is 0 Å². The van der Waals surface area contributed by atoms with Crippen LogP contribution in [0.25, 0.3) is 11.0 Å². The summed E-state index contributed by atoms with van der Waals surface area (Å²) in [6, 6.07) is 3.43. The van der Waals surface area contributed by atoms with Gasteiger partial charge < -0.3 is 4.42 Å². The predicted octanol–water partition coefficient (Wildman–Crippen LogP) is 2.68. The number of benzene rings is 1. The lowest BCUT2D eigenvalue weighted by Crippen LogP contribution is -2.07. The minimum Gasteiger partial charge on any atom is -0.463 e. The molecule has 0 radical (unpaired) electrons. The Balaban J connectivity index is 2.94. The molecular weight excluding hydrogens is 260 g/mol. The molecule has 2 aromatic rings. The van der Waals surface area contributed by atoms with Gasteiger partial charge in [0.1, 0.15) is 11.8 Å². The molecule has 0 fully saturated rings. The van der Waals surface area contributed by atoms with Crippen molar-refractivity contribution in [2.45, 2.75) is 6.92 Å². The summed E-state index contributed by atoms with van der Waals surface area (Å²) in [7, 11) is 0. The lowest BCUT2D eigenvalue weighted by molar-refractivity contribution is 0.112. The van der Waals surface area contributed by atoms with Crippen molar-refractivity contribution >= 4 is 33.2 Å². The monoisotopic (exact) mass is 266 g/mol. The van der Waals surface area contributed by atoms with Crippen LogP contribution in [-0.4, -0.2) is 6.29 Å². The van der Waals surface area contributed by atoms with Crippen molar-refractivity contribution in [1.29, 1.82) is 0 Å². The zero-order valence-corrected chi connectivity index (χ0v) is 9.50. The number of hydrogen-bond acceptors (Lipinski definition) is 3. The van der Waals surface area contributed by atoms with Crippen LogP contribution >= 0.6 is 15.9 Å². The summed E-state index contributed by atoms with van der Waals surface area (Å²) in [6.07, 6.45) is 1.68. The fourth-order valence-corrected chi connectivity index (χ4v) is 1.69. The van der Waals surface area contributed by atoms with Crippen LogP contribution in [0.4, 0.5) is 0 Å². The summed E-state index contributed by atoms with van der Waals surface area (Å²) in [4.78, 5) is 22.3. The molecule has 0 atom stereocenters. The predicted molar refractivity (Wildman–Crippen MR) is 60.3 cm³/mol. The van der Waals surface area contributed by atoms with E-state index in [9.17, 15) is 9.59 Å². The summed E-state index contributed by atoms with van der Waals surface area (Å²) in [5.74, 6) is 0. The van der Waals surface area contributed by atoms with E-state index in [-0.39, 0.29) is 11.0 Å². The fourth-order valence-electron chi connectivity index (χ4n) is 1.35. The van der Waals surface area contributed by atoms with Crippen LogP contribution in [-0.2, 0) is 0 Å². The van der Waals surface area contributed by atoms with E-state index in [1.165, 1.54) is 6.26 Å². The van der Waals surface area contributed by atoms with Crippen LogP contribution < -0.4 is 5.43 Å². The van der Waals surface area contributed by atoms with Crippen molar-refractivity contribution in [1.82, 2.24) is 0 Å². The zero-order valence-electron chi connectivity index (χ0n) is 7.91. The van der Waals surface area contributed by atoms with E-state index >= 15 is 0 Å². The molecule has 4 heteroatoms. The van der Waals surface area contributed by atoms with Gasteiger partial charge in [-0.3, -0.25) is 9.59 Å². The Hall–Kier alpha value is -1.42. The second kappa shape index (κ2) is 3.62. The van der Waals surface area contributed by atoms with Crippen LogP contribution in [0.5, 0.6) is 0 Å². The second-order valence-electron chi connectivity index (χ2n) is 3.24. The molecular formula is C11H7BrO3. The molecule has 2 rings (SSSR count). The molecule has 0 amide bonds. The summed E-state index contributed by atoms with van der Waals surface area (Å²) < 4.78 is 6.02. The Morgan fingerprint density at radius 2 is 2.13 bits per heavy atom. The number of carbonyl (C=O) groups is 1. The van der Waals surface area contributed by atoms with Crippen molar-refractivity contribution in [2.75, 3.05) is 0 Å². The molecule has 15 heavy (non-hydrogen) atoms. The van der Waals surface area contributed by atoms with Crippen LogP contribution in [0, 0.1) is 6.92 Å². The molecule has 0 aliphatic heterocycles. The normalized spacial score (nSPS) is 10.5. The summed E-state index contributed by atoms with van der Waals surface area (Å²) in [5, 5.41) is 0.414. The lowest BCUT2D eigenvalue weighted by atomic mass is 10.1. The average Bonchev–Trinajstić information content (AvgIpc) is 2.22. The first-order valence-electron chi connectivity index (χ1n) is 4.30. The number of aldehydes is 1. The van der Waals surface area contributed by atoms with Crippen molar-refractivity contribution in [3.63, 3.8) is 0 Å². The first-order valence-corrected chi connectivity index (χ1v) is 5.09. The van der Waals surface area contributed by atoms with Gasteiger partial charge in [-0.05, 0) is 24.6 Å². The Morgan fingerprint density at radius 1 is 1.40 bits per heavy atom. The van der Waals surface area contributed by atoms with Crippen molar-refractivity contribution < 1.29 is 9.21 Å². The molecule has 0 aliphatic carbocycles. The summed E-state index contributed by atoms with van der Waals surface area (Å²) in [6.45, 7) is 1.90. The SMILES string of the molecule is Cc1cc2occ(C=O)c(=O)c2cc1Br. The largest absolute Gasteiger partial charge is 0.463 e. The smallest absolute Gasteiger partial charge is 0.203 e. The highest BCUT2D eigenvalue weighted by atomic mass is 79.9. The van der Waals surface area contributed by atoms with E-state index < -0.39 is 0 Å². The van der Waals surface area contributed by atoms with E-state index in [2.05, 4.69) is 15.9 Å². The first kappa shape index (κ1) is 10.1. The van der Waals surface area contributed by atoms with Crippen molar-refractivity contribution in [3.05, 3.63) is 44.2 Å². The van der Waals surface area contributed by atoms with Gasteiger partial charge in [-0.15, -0.1) is 0 Å². The molecule has 0 N–H and O–H groups in total. The maximum absolute atomic E-state index is 11.7. The minimum absolute atomic E-state index is 0.0400. The van der Waals surface area contributed by atoms with Crippen molar-refractivity contribution in [2.24, 2.45) is 0 Å². The van der Waals surface area contributed by atoms with Crippen LogP contribution in [0.15, 0.2) is 32.1 Å². The van der Waals surface area contributed by atoms with E-state index in [0.29, 0.717) is 17.3 Å². The highest BCUT2D eigenvalue weighted by Gasteiger charge is 2.07. The molecule has 76 valence electrons. The quantitative estimate of drug-likeness (QED) is 0.746. The fraction of sp³-hybridized carbons (Fsp3) is 0.0909. The maximum Gasteiger partial charge on any atom is 0.203 e. The topological polar surface area (TPSA) is 47.3 Å². The standard InChI is InChI=1S/C11H7BrO3/c1-6-2-10-8(3-9(6)12)11(14)7(4-13)5-15-10/h2-5H,1H3. The van der Waals surface area contributed by atoms with Gasteiger partial charge in [-0.2, -0.15) is 0 Å². The van der Waals surface area contributed by atoms with Gasteiger partial charge in [0.15, 0.2) is 6.29 Å². The minimum atomic E-state index is -0.299. The number of fused-ring (bicyclic) bond motifs is 1. The van der Waals surface area contributed by atoms with Gasteiger partial charge in [-0.25, -0.2) is 0 Å². The number of rotatable bonds is 1. The molecule has 0 saturated heterocycles. The van der Waals surface area contributed by atoms with E-state index in [4.69, 9.17) is 4.42 Å². The summed E-state index contributed by atoms with van der Waals surface area (Å²) >= 11 is 3.33. The Labute approximate surface area is 93.8 Å².